The number of hydrogen-bond donors (Lipinski definition) is 2. The monoisotopic (exact) mass is 397 g/mol. The van der Waals surface area contributed by atoms with E-state index in [-0.39, 0.29) is 10.6 Å². The summed E-state index contributed by atoms with van der Waals surface area (Å²) in [5, 5.41) is 9.33. The highest BCUT2D eigenvalue weighted by atomic mass is 32.2. The largest absolute Gasteiger partial charge is 0.588 e. The van der Waals surface area contributed by atoms with Crippen LogP contribution >= 0.6 is 11.3 Å². The van der Waals surface area contributed by atoms with Crippen LogP contribution in [0.1, 0.15) is 9.67 Å². The summed E-state index contributed by atoms with van der Waals surface area (Å²) in [6, 6.07) is 11.8. The van der Waals surface area contributed by atoms with Gasteiger partial charge >= 0.3 is 5.97 Å². The molecule has 3 aromatic rings. The number of carboxylic acid groups (broad SMARTS) is 1. The summed E-state index contributed by atoms with van der Waals surface area (Å²) in [7, 11) is 0. The van der Waals surface area contributed by atoms with Gasteiger partial charge in [0.15, 0.2) is 11.6 Å². The minimum absolute atomic E-state index is 0.0104. The molecule has 1 heterocycles. The first-order valence-corrected chi connectivity index (χ1v) is 9.09. The van der Waals surface area contributed by atoms with E-state index in [0.29, 0.717) is 10.9 Å². The van der Waals surface area contributed by atoms with E-state index >= 15 is 0 Å². The van der Waals surface area contributed by atoms with Gasteiger partial charge in [-0.1, -0.05) is 30.3 Å². The number of hydrogen-bond acceptors (Lipinski definition) is 4. The molecule has 1 aromatic heterocycles. The van der Waals surface area contributed by atoms with Crippen LogP contribution in [0.4, 0.5) is 18.9 Å². The average molecular weight is 397 g/mol. The molecule has 0 aliphatic carbocycles. The van der Waals surface area contributed by atoms with Gasteiger partial charge in [-0.15, -0.1) is 11.3 Å². The van der Waals surface area contributed by atoms with Crippen molar-refractivity contribution in [2.24, 2.45) is 0 Å². The smallest absolute Gasteiger partial charge is 0.348 e. The molecule has 0 radical (unpaired) electrons. The second-order valence-electron chi connectivity index (χ2n) is 5.07. The van der Waals surface area contributed by atoms with Crippen molar-refractivity contribution in [3.8, 4) is 10.4 Å². The number of nitrogens with one attached hydrogen (secondary N) is 1. The molecule has 0 saturated carbocycles. The van der Waals surface area contributed by atoms with Crippen LogP contribution in [0.3, 0.4) is 0 Å². The molecule has 9 heteroatoms. The van der Waals surface area contributed by atoms with Gasteiger partial charge in [0.05, 0.1) is 0 Å². The van der Waals surface area contributed by atoms with Crippen molar-refractivity contribution in [3.63, 3.8) is 0 Å². The summed E-state index contributed by atoms with van der Waals surface area (Å²) in [6.07, 6.45) is 0. The Hall–Kier alpha value is -2.49. The minimum atomic E-state index is -2.32. The molecule has 26 heavy (non-hydrogen) atoms. The summed E-state index contributed by atoms with van der Waals surface area (Å²) in [4.78, 5) is 11.3. The molecule has 2 N–H and O–H groups in total. The highest BCUT2D eigenvalue weighted by Gasteiger charge is 2.26. The molecular formula is C17H10F3NO3S2. The zero-order chi connectivity index (χ0) is 18.8. The van der Waals surface area contributed by atoms with Crippen LogP contribution in [0, 0.1) is 17.5 Å². The predicted octanol–water partition coefficient (Wildman–Crippen LogP) is 4.67. The number of carboxylic acids is 1. The lowest BCUT2D eigenvalue weighted by Gasteiger charge is -2.12. The fourth-order valence-electron chi connectivity index (χ4n) is 2.18. The Kier molecular flexibility index (Phi) is 5.21. The van der Waals surface area contributed by atoms with Crippen molar-refractivity contribution in [2.45, 2.75) is 4.90 Å². The number of benzene rings is 2. The number of aromatic carboxylic acids is 1. The van der Waals surface area contributed by atoms with E-state index in [1.54, 1.807) is 30.3 Å². The van der Waals surface area contributed by atoms with E-state index in [2.05, 4.69) is 4.72 Å². The molecule has 0 bridgehead atoms. The van der Waals surface area contributed by atoms with Gasteiger partial charge in [0.25, 0.3) is 0 Å². The van der Waals surface area contributed by atoms with Crippen molar-refractivity contribution in [1.82, 2.24) is 0 Å². The summed E-state index contributed by atoms with van der Waals surface area (Å²) in [5.41, 5.74) is 0.738. The molecule has 0 aliphatic rings. The lowest BCUT2D eigenvalue weighted by Crippen LogP contribution is -2.17. The highest BCUT2D eigenvalue weighted by molar-refractivity contribution is 7.92. The van der Waals surface area contributed by atoms with E-state index < -0.39 is 39.7 Å². The normalized spacial score (nSPS) is 12.0. The first kappa shape index (κ1) is 18.3. The van der Waals surface area contributed by atoms with Crippen molar-refractivity contribution in [3.05, 3.63) is 70.9 Å². The van der Waals surface area contributed by atoms with Crippen molar-refractivity contribution >= 4 is 34.4 Å². The molecule has 0 amide bonds. The van der Waals surface area contributed by atoms with Gasteiger partial charge in [0.2, 0.25) is 10.7 Å². The predicted molar refractivity (Wildman–Crippen MR) is 93.1 cm³/mol. The molecule has 134 valence electrons. The lowest BCUT2D eigenvalue weighted by atomic mass is 10.2. The van der Waals surface area contributed by atoms with Crippen LogP contribution in [0.5, 0.6) is 0 Å². The third-order valence-corrected chi connectivity index (χ3v) is 5.68. The molecule has 1 atom stereocenters. The minimum Gasteiger partial charge on any atom is -0.588 e. The van der Waals surface area contributed by atoms with Crippen LogP contribution < -0.4 is 4.72 Å². The number of rotatable bonds is 5. The third kappa shape index (κ3) is 3.55. The maximum absolute atomic E-state index is 13.8. The van der Waals surface area contributed by atoms with Crippen LogP contribution in [-0.4, -0.2) is 15.6 Å². The van der Waals surface area contributed by atoms with Gasteiger partial charge in [-0.05, 0) is 17.7 Å². The standard InChI is InChI=1S/C17H10F3NO3S2/c18-10-6-7-13(15(20)14(10)19)26(24)21-11-8-12(25-16(11)17(22)23)9-4-2-1-3-5-9/h1-8,21H,(H,22,23). The molecule has 0 fully saturated rings. The third-order valence-electron chi connectivity index (χ3n) is 3.39. The first-order chi connectivity index (χ1) is 12.4. The van der Waals surface area contributed by atoms with Gasteiger partial charge in [-0.25, -0.2) is 18.3 Å². The molecule has 4 nitrogen and oxygen atoms in total. The molecule has 0 aliphatic heterocycles. The van der Waals surface area contributed by atoms with Gasteiger partial charge in [-0.3, -0.25) is 0 Å². The Morgan fingerprint density at radius 2 is 1.77 bits per heavy atom. The molecule has 3 rings (SSSR count). The fourth-order valence-corrected chi connectivity index (χ4v) is 4.11. The van der Waals surface area contributed by atoms with E-state index in [0.717, 1.165) is 23.0 Å². The maximum Gasteiger partial charge on any atom is 0.348 e. The summed E-state index contributed by atoms with van der Waals surface area (Å²) in [6.45, 7) is 0. The molecule has 0 saturated heterocycles. The van der Waals surface area contributed by atoms with E-state index in [1.807, 2.05) is 0 Å². The Labute approximate surface area is 153 Å². The highest BCUT2D eigenvalue weighted by Crippen LogP contribution is 2.36. The van der Waals surface area contributed by atoms with Crippen LogP contribution in [-0.2, 0) is 11.4 Å². The number of thiophene rings is 1. The second-order valence-corrected chi connectivity index (χ2v) is 7.30. The number of halogens is 3. The van der Waals surface area contributed by atoms with Gasteiger partial charge in [0, 0.05) is 10.9 Å². The van der Waals surface area contributed by atoms with E-state index in [9.17, 15) is 27.6 Å². The van der Waals surface area contributed by atoms with Crippen LogP contribution in [0.25, 0.3) is 10.4 Å². The number of anilines is 1. The fraction of sp³-hybridized carbons (Fsp3) is 0. The van der Waals surface area contributed by atoms with Gasteiger partial charge in [-0.2, -0.15) is 4.39 Å². The number of carbonyl (C=O) groups is 1. The maximum atomic E-state index is 13.8. The van der Waals surface area contributed by atoms with Gasteiger partial charge in [0.1, 0.15) is 21.9 Å². The van der Waals surface area contributed by atoms with Crippen molar-refractivity contribution in [1.29, 1.82) is 0 Å². The van der Waals surface area contributed by atoms with E-state index in [1.165, 1.54) is 6.07 Å². The van der Waals surface area contributed by atoms with Gasteiger partial charge < -0.3 is 9.66 Å². The Morgan fingerprint density at radius 3 is 2.42 bits per heavy atom. The summed E-state index contributed by atoms with van der Waals surface area (Å²) < 4.78 is 54.8. The van der Waals surface area contributed by atoms with Crippen LogP contribution in [0.15, 0.2) is 53.4 Å². The Balaban J connectivity index is 1.95. The Bertz CT molecular complexity index is 963. The van der Waals surface area contributed by atoms with Crippen LogP contribution in [0.2, 0.25) is 0 Å². The average Bonchev–Trinajstić information content (AvgIpc) is 3.04. The lowest BCUT2D eigenvalue weighted by molar-refractivity contribution is 0.0703. The van der Waals surface area contributed by atoms with Crippen molar-refractivity contribution < 1.29 is 27.6 Å². The molecular weight excluding hydrogens is 387 g/mol. The zero-order valence-electron chi connectivity index (χ0n) is 12.8. The zero-order valence-corrected chi connectivity index (χ0v) is 14.5. The summed E-state index contributed by atoms with van der Waals surface area (Å²) in [5.74, 6) is -6.00. The summed E-state index contributed by atoms with van der Waals surface area (Å²) >= 11 is -1.38. The molecule has 1 unspecified atom stereocenters. The first-order valence-electron chi connectivity index (χ1n) is 7.13. The Morgan fingerprint density at radius 1 is 1.08 bits per heavy atom. The molecule has 0 spiro atoms. The van der Waals surface area contributed by atoms with E-state index in [4.69, 9.17) is 0 Å². The second kappa shape index (κ2) is 7.40. The quantitative estimate of drug-likeness (QED) is 0.485. The van der Waals surface area contributed by atoms with Crippen molar-refractivity contribution in [2.75, 3.05) is 4.72 Å². The SMILES string of the molecule is O=C(O)c1sc(-c2ccccc2)cc1N[S+]([O-])c1ccc(F)c(F)c1F. The molecule has 2 aromatic carbocycles. The topological polar surface area (TPSA) is 72.4 Å².